The minimum Gasteiger partial charge on any atom is -0.379 e. The number of aromatic nitrogens is 1. The van der Waals surface area contributed by atoms with Crippen molar-refractivity contribution in [1.29, 1.82) is 0 Å². The second kappa shape index (κ2) is 8.15. The van der Waals surface area contributed by atoms with E-state index in [1.165, 1.54) is 30.8 Å². The van der Waals surface area contributed by atoms with Crippen LogP contribution in [0.2, 0.25) is 0 Å². The standard InChI is InChI=1S/C20H31N3O3S/c1-2-5-19(8-9-25-14-19)21-18(24)11-17-13-23(12-16-4-10-27-22-16)20(15-26-17)6-3-7-20/h4,10,17H,2-3,5-9,11-15H2,1H3,(H,21,24). The third-order valence-electron chi connectivity index (χ3n) is 6.46. The molecule has 1 aliphatic carbocycles. The Hall–Kier alpha value is -1.02. The largest absolute Gasteiger partial charge is 0.379 e. The Kier molecular flexibility index (Phi) is 5.83. The van der Waals surface area contributed by atoms with E-state index in [0.717, 1.165) is 51.3 Å². The first-order chi connectivity index (χ1) is 13.1. The molecule has 150 valence electrons. The van der Waals surface area contributed by atoms with E-state index in [1.807, 2.05) is 5.38 Å². The highest BCUT2D eigenvalue weighted by Gasteiger charge is 2.47. The predicted molar refractivity (Wildman–Crippen MR) is 105 cm³/mol. The van der Waals surface area contributed by atoms with Crippen molar-refractivity contribution < 1.29 is 14.3 Å². The number of nitrogens with zero attached hydrogens (tertiary/aromatic N) is 2. The van der Waals surface area contributed by atoms with Crippen molar-refractivity contribution in [2.45, 2.75) is 75.6 Å². The van der Waals surface area contributed by atoms with Crippen LogP contribution in [0.1, 0.15) is 57.6 Å². The highest BCUT2D eigenvalue weighted by atomic mass is 32.1. The first-order valence-electron chi connectivity index (χ1n) is 10.3. The van der Waals surface area contributed by atoms with Crippen molar-refractivity contribution >= 4 is 17.4 Å². The Morgan fingerprint density at radius 2 is 2.30 bits per heavy atom. The average Bonchev–Trinajstić information content (AvgIpc) is 3.26. The van der Waals surface area contributed by atoms with Crippen LogP contribution >= 0.6 is 11.5 Å². The van der Waals surface area contributed by atoms with Crippen molar-refractivity contribution in [2.24, 2.45) is 0 Å². The molecule has 0 bridgehead atoms. The highest BCUT2D eigenvalue weighted by Crippen LogP contribution is 2.41. The van der Waals surface area contributed by atoms with Gasteiger partial charge in [-0.15, -0.1) is 0 Å². The Balaban J connectivity index is 1.35. The van der Waals surface area contributed by atoms with E-state index in [4.69, 9.17) is 9.47 Å². The molecule has 1 spiro atoms. The van der Waals surface area contributed by atoms with Gasteiger partial charge in [-0.25, -0.2) is 0 Å². The quantitative estimate of drug-likeness (QED) is 0.772. The van der Waals surface area contributed by atoms with E-state index in [1.54, 1.807) is 0 Å². The fourth-order valence-electron chi connectivity index (χ4n) is 4.77. The number of nitrogens with one attached hydrogen (secondary N) is 1. The zero-order valence-electron chi connectivity index (χ0n) is 16.2. The van der Waals surface area contributed by atoms with Gasteiger partial charge in [-0.2, -0.15) is 4.37 Å². The molecule has 6 nitrogen and oxygen atoms in total. The molecule has 1 saturated carbocycles. The Morgan fingerprint density at radius 1 is 1.41 bits per heavy atom. The summed E-state index contributed by atoms with van der Waals surface area (Å²) in [4.78, 5) is 15.3. The SMILES string of the molecule is CCCC1(NC(=O)CC2CN(Cc3ccsn3)C3(CCC3)CO2)CCOC1. The maximum Gasteiger partial charge on any atom is 0.223 e. The molecule has 0 radical (unpaired) electrons. The lowest BCUT2D eigenvalue weighted by Gasteiger charge is -2.54. The first-order valence-corrected chi connectivity index (χ1v) is 11.1. The minimum atomic E-state index is -0.171. The first kappa shape index (κ1) is 19.3. The zero-order chi connectivity index (χ0) is 18.7. The summed E-state index contributed by atoms with van der Waals surface area (Å²) in [5.41, 5.74) is 1.12. The van der Waals surface area contributed by atoms with Gasteiger partial charge in [0.1, 0.15) is 0 Å². The van der Waals surface area contributed by atoms with Crippen LogP contribution in [-0.2, 0) is 20.8 Å². The molecule has 1 aromatic rings. The number of hydrogen-bond acceptors (Lipinski definition) is 6. The van der Waals surface area contributed by atoms with Gasteiger partial charge in [-0.1, -0.05) is 13.3 Å². The van der Waals surface area contributed by atoms with E-state index >= 15 is 0 Å². The summed E-state index contributed by atoms with van der Waals surface area (Å²) >= 11 is 1.50. The monoisotopic (exact) mass is 393 g/mol. The third kappa shape index (κ3) is 4.21. The van der Waals surface area contributed by atoms with Crippen LogP contribution in [0.5, 0.6) is 0 Å². The van der Waals surface area contributed by atoms with E-state index in [2.05, 4.69) is 27.6 Å². The molecule has 27 heavy (non-hydrogen) atoms. The van der Waals surface area contributed by atoms with Crippen LogP contribution < -0.4 is 5.32 Å². The van der Waals surface area contributed by atoms with E-state index < -0.39 is 0 Å². The Labute approximate surface area is 165 Å². The molecule has 3 heterocycles. The van der Waals surface area contributed by atoms with Crippen LogP contribution in [0.25, 0.3) is 0 Å². The molecule has 1 aromatic heterocycles. The molecular weight excluding hydrogens is 362 g/mol. The highest BCUT2D eigenvalue weighted by molar-refractivity contribution is 7.03. The number of rotatable bonds is 7. The normalized spacial score (nSPS) is 30.3. The summed E-state index contributed by atoms with van der Waals surface area (Å²) in [5.74, 6) is 0.0946. The summed E-state index contributed by atoms with van der Waals surface area (Å²) in [6.07, 6.45) is 6.96. The van der Waals surface area contributed by atoms with Crippen molar-refractivity contribution in [1.82, 2.24) is 14.6 Å². The molecule has 4 rings (SSSR count). The van der Waals surface area contributed by atoms with Gasteiger partial charge >= 0.3 is 0 Å². The smallest absolute Gasteiger partial charge is 0.223 e. The molecule has 7 heteroatoms. The lowest BCUT2D eigenvalue weighted by atomic mass is 9.74. The van der Waals surface area contributed by atoms with Gasteiger partial charge < -0.3 is 14.8 Å². The van der Waals surface area contributed by atoms with Crippen molar-refractivity contribution in [3.8, 4) is 0 Å². The summed E-state index contributed by atoms with van der Waals surface area (Å²) < 4.78 is 16.2. The molecule has 3 fully saturated rings. The molecule has 2 unspecified atom stereocenters. The van der Waals surface area contributed by atoms with Gasteiger partial charge in [-0.05, 0) is 49.7 Å². The second-order valence-electron chi connectivity index (χ2n) is 8.47. The molecule has 1 amide bonds. The molecule has 2 saturated heterocycles. The maximum absolute atomic E-state index is 12.7. The number of amides is 1. The van der Waals surface area contributed by atoms with Crippen molar-refractivity contribution in [3.05, 3.63) is 17.1 Å². The van der Waals surface area contributed by atoms with Gasteiger partial charge in [0.15, 0.2) is 0 Å². The van der Waals surface area contributed by atoms with Crippen LogP contribution in [0, 0.1) is 0 Å². The van der Waals surface area contributed by atoms with Crippen LogP contribution in [0.15, 0.2) is 11.4 Å². The summed E-state index contributed by atoms with van der Waals surface area (Å²) in [5, 5.41) is 5.31. The van der Waals surface area contributed by atoms with Crippen LogP contribution in [0.4, 0.5) is 0 Å². The van der Waals surface area contributed by atoms with E-state index in [0.29, 0.717) is 13.0 Å². The zero-order valence-corrected chi connectivity index (χ0v) is 17.1. The number of morpholine rings is 1. The average molecular weight is 394 g/mol. The number of hydrogen-bond donors (Lipinski definition) is 1. The van der Waals surface area contributed by atoms with Gasteiger partial charge in [0.25, 0.3) is 0 Å². The van der Waals surface area contributed by atoms with Gasteiger partial charge in [0, 0.05) is 30.6 Å². The Bertz CT molecular complexity index is 626. The Morgan fingerprint density at radius 3 is 2.93 bits per heavy atom. The van der Waals surface area contributed by atoms with E-state index in [9.17, 15) is 4.79 Å². The van der Waals surface area contributed by atoms with Gasteiger partial charge in [-0.3, -0.25) is 9.69 Å². The fourth-order valence-corrected chi connectivity index (χ4v) is 5.30. The predicted octanol–water partition coefficient (Wildman–Crippen LogP) is 2.73. The molecule has 3 aliphatic rings. The third-order valence-corrected chi connectivity index (χ3v) is 7.06. The number of carbonyl (C=O) groups excluding carboxylic acids is 1. The summed E-state index contributed by atoms with van der Waals surface area (Å²) in [7, 11) is 0. The van der Waals surface area contributed by atoms with Gasteiger partial charge in [0.2, 0.25) is 5.91 Å². The lowest BCUT2D eigenvalue weighted by Crippen LogP contribution is -2.63. The lowest BCUT2D eigenvalue weighted by molar-refractivity contribution is -0.155. The fraction of sp³-hybridized carbons (Fsp3) is 0.800. The summed E-state index contributed by atoms with van der Waals surface area (Å²) in [6.45, 7) is 5.94. The van der Waals surface area contributed by atoms with Crippen molar-refractivity contribution in [3.63, 3.8) is 0 Å². The molecule has 1 N–H and O–H groups in total. The second-order valence-corrected chi connectivity index (χ2v) is 9.13. The number of ether oxygens (including phenoxy) is 2. The minimum absolute atomic E-state index is 0.0455. The topological polar surface area (TPSA) is 63.7 Å². The van der Waals surface area contributed by atoms with Crippen molar-refractivity contribution in [2.75, 3.05) is 26.4 Å². The number of carbonyl (C=O) groups is 1. The molecule has 0 aromatic carbocycles. The molecular formula is C20H31N3O3S. The van der Waals surface area contributed by atoms with Crippen LogP contribution in [0.3, 0.4) is 0 Å². The summed E-state index contributed by atoms with van der Waals surface area (Å²) in [6, 6.07) is 2.10. The van der Waals surface area contributed by atoms with E-state index in [-0.39, 0.29) is 23.1 Å². The maximum atomic E-state index is 12.7. The molecule has 2 aliphatic heterocycles. The molecule has 2 atom stereocenters. The van der Waals surface area contributed by atoms with Crippen LogP contribution in [-0.4, -0.2) is 58.7 Å². The van der Waals surface area contributed by atoms with Gasteiger partial charge in [0.05, 0.1) is 37.0 Å².